The minimum absolute atomic E-state index is 0.00646. The fraction of sp³-hybridized carbons (Fsp3) is 0.875. The molecule has 2 aliphatic rings. The molecule has 2 nitrogen and oxygen atoms in total. The molecular weight excluding hydrogens is 128 g/mol. The first-order valence-electron chi connectivity index (χ1n) is 3.77. The molecule has 1 saturated heterocycles. The van der Waals surface area contributed by atoms with Gasteiger partial charge in [-0.25, -0.2) is 0 Å². The Balaban J connectivity index is 2.13. The average molecular weight is 140 g/mol. The molecule has 2 atom stereocenters. The third-order valence-corrected chi connectivity index (χ3v) is 2.31. The molecule has 0 aromatic rings. The Morgan fingerprint density at radius 3 is 2.90 bits per heavy atom. The largest absolute Gasteiger partial charge is 0.361 e. The van der Waals surface area contributed by atoms with E-state index in [1.807, 2.05) is 0 Å². The second-order valence-corrected chi connectivity index (χ2v) is 4.11. The summed E-state index contributed by atoms with van der Waals surface area (Å²) in [6.07, 6.45) is 2.03. The van der Waals surface area contributed by atoms with Gasteiger partial charge in [0.1, 0.15) is 6.10 Å². The van der Waals surface area contributed by atoms with Gasteiger partial charge in [0.25, 0.3) is 0 Å². The molecule has 56 valence electrons. The van der Waals surface area contributed by atoms with Gasteiger partial charge in [-0.05, 0) is 11.8 Å². The highest BCUT2D eigenvalue weighted by atomic mass is 16.6. The number of ketones is 1. The summed E-state index contributed by atoms with van der Waals surface area (Å²) in [6, 6.07) is 0. The van der Waals surface area contributed by atoms with E-state index >= 15 is 0 Å². The van der Waals surface area contributed by atoms with Crippen molar-refractivity contribution >= 4 is 5.78 Å². The average Bonchev–Trinajstić information content (AvgIpc) is 2.40. The van der Waals surface area contributed by atoms with E-state index in [9.17, 15) is 4.79 Å². The molecule has 1 heterocycles. The van der Waals surface area contributed by atoms with Crippen molar-refractivity contribution in [2.75, 3.05) is 0 Å². The van der Waals surface area contributed by atoms with Crippen LogP contribution in [-0.2, 0) is 9.53 Å². The van der Waals surface area contributed by atoms with Crippen LogP contribution in [0.4, 0.5) is 0 Å². The Hall–Kier alpha value is -0.370. The van der Waals surface area contributed by atoms with Crippen LogP contribution in [0.15, 0.2) is 0 Å². The quantitative estimate of drug-likeness (QED) is 0.472. The number of rotatable bonds is 0. The first kappa shape index (κ1) is 6.35. The number of Topliss-reactive ketones (excluding diaryl/α,β-unsaturated/α-hetero) is 1. The normalized spacial score (nSPS) is 42.8. The van der Waals surface area contributed by atoms with Crippen LogP contribution >= 0.6 is 0 Å². The van der Waals surface area contributed by atoms with Crippen LogP contribution in [0.25, 0.3) is 0 Å². The van der Waals surface area contributed by atoms with Gasteiger partial charge in [0.2, 0.25) is 0 Å². The van der Waals surface area contributed by atoms with Gasteiger partial charge in [0, 0.05) is 6.42 Å². The molecule has 1 aliphatic carbocycles. The molecule has 0 bridgehead atoms. The predicted octanol–water partition coefficient (Wildman–Crippen LogP) is 1.14. The molecule has 0 radical (unpaired) electrons. The lowest BCUT2D eigenvalue weighted by Crippen LogP contribution is -2.28. The third kappa shape index (κ3) is 0.870. The zero-order valence-electron chi connectivity index (χ0n) is 6.39. The molecule has 1 aliphatic heterocycles. The van der Waals surface area contributed by atoms with E-state index < -0.39 is 0 Å². The number of hydrogen-bond donors (Lipinski definition) is 0. The summed E-state index contributed by atoms with van der Waals surface area (Å²) in [7, 11) is 0. The van der Waals surface area contributed by atoms with Crippen molar-refractivity contribution in [3.8, 4) is 0 Å². The van der Waals surface area contributed by atoms with Crippen molar-refractivity contribution in [2.45, 2.75) is 38.9 Å². The number of epoxide rings is 1. The fourth-order valence-corrected chi connectivity index (χ4v) is 1.77. The van der Waals surface area contributed by atoms with Crippen molar-refractivity contribution in [2.24, 2.45) is 5.41 Å². The number of carbonyl (C=O) groups excluding carboxylic acids is 1. The van der Waals surface area contributed by atoms with Crippen LogP contribution in [-0.4, -0.2) is 18.0 Å². The van der Waals surface area contributed by atoms with Gasteiger partial charge in [-0.15, -0.1) is 0 Å². The van der Waals surface area contributed by atoms with Crippen LogP contribution in [0.5, 0.6) is 0 Å². The molecule has 0 aromatic heterocycles. The molecular formula is C8H12O2. The second kappa shape index (κ2) is 1.62. The van der Waals surface area contributed by atoms with E-state index in [0.717, 1.165) is 6.42 Å². The maximum absolute atomic E-state index is 11.1. The Morgan fingerprint density at radius 2 is 2.30 bits per heavy atom. The summed E-state index contributed by atoms with van der Waals surface area (Å²) in [5, 5.41) is 0. The van der Waals surface area contributed by atoms with Gasteiger partial charge in [-0.3, -0.25) is 4.79 Å². The number of ether oxygens (including phenoxy) is 1. The zero-order valence-corrected chi connectivity index (χ0v) is 6.39. The van der Waals surface area contributed by atoms with E-state index in [1.165, 1.54) is 0 Å². The van der Waals surface area contributed by atoms with Gasteiger partial charge in [-0.2, -0.15) is 0 Å². The van der Waals surface area contributed by atoms with Crippen molar-refractivity contribution in [3.05, 3.63) is 0 Å². The first-order chi connectivity index (χ1) is 4.58. The highest BCUT2D eigenvalue weighted by molar-refractivity contribution is 5.87. The second-order valence-electron chi connectivity index (χ2n) is 4.11. The Kier molecular flexibility index (Phi) is 1.03. The van der Waals surface area contributed by atoms with E-state index in [1.54, 1.807) is 0 Å². The smallest absolute Gasteiger partial charge is 0.164 e. The lowest BCUT2D eigenvalue weighted by atomic mass is 9.77. The maximum Gasteiger partial charge on any atom is 0.164 e. The summed E-state index contributed by atoms with van der Waals surface area (Å²) in [6.45, 7) is 4.26. The van der Waals surface area contributed by atoms with Gasteiger partial charge in [-0.1, -0.05) is 13.8 Å². The summed E-state index contributed by atoms with van der Waals surface area (Å²) in [4.78, 5) is 11.1. The lowest BCUT2D eigenvalue weighted by Gasteiger charge is -2.25. The van der Waals surface area contributed by atoms with Crippen molar-refractivity contribution in [1.29, 1.82) is 0 Å². The van der Waals surface area contributed by atoms with Crippen LogP contribution in [0.3, 0.4) is 0 Å². The predicted molar refractivity (Wildman–Crippen MR) is 36.7 cm³/mol. The third-order valence-electron chi connectivity index (χ3n) is 2.31. The molecule has 10 heavy (non-hydrogen) atoms. The molecule has 0 aromatic carbocycles. The van der Waals surface area contributed by atoms with Gasteiger partial charge in [0.15, 0.2) is 5.78 Å². The topological polar surface area (TPSA) is 29.6 Å². The summed E-state index contributed by atoms with van der Waals surface area (Å²) >= 11 is 0. The van der Waals surface area contributed by atoms with Gasteiger partial charge in [0.05, 0.1) is 6.10 Å². The molecule has 2 fully saturated rings. The van der Waals surface area contributed by atoms with Gasteiger partial charge >= 0.3 is 0 Å². The number of carbonyl (C=O) groups is 1. The minimum atomic E-state index is -0.00646. The summed E-state index contributed by atoms with van der Waals surface area (Å²) < 4.78 is 5.18. The van der Waals surface area contributed by atoms with Crippen LogP contribution in [0.2, 0.25) is 0 Å². The Bertz CT molecular complexity index is 184. The molecule has 2 rings (SSSR count). The Morgan fingerprint density at radius 1 is 1.60 bits per heavy atom. The van der Waals surface area contributed by atoms with Crippen LogP contribution < -0.4 is 0 Å². The molecule has 0 unspecified atom stereocenters. The highest BCUT2D eigenvalue weighted by Gasteiger charge is 2.52. The van der Waals surface area contributed by atoms with Gasteiger partial charge < -0.3 is 4.74 Å². The van der Waals surface area contributed by atoms with E-state index in [4.69, 9.17) is 4.74 Å². The number of hydrogen-bond acceptors (Lipinski definition) is 2. The molecule has 0 spiro atoms. The van der Waals surface area contributed by atoms with Crippen molar-refractivity contribution in [1.82, 2.24) is 0 Å². The monoisotopic (exact) mass is 140 g/mol. The number of fused-ring (bicyclic) bond motifs is 1. The summed E-state index contributed by atoms with van der Waals surface area (Å²) in [5.74, 6) is 0.307. The van der Waals surface area contributed by atoms with Crippen molar-refractivity contribution in [3.63, 3.8) is 0 Å². The molecule has 0 amide bonds. The van der Waals surface area contributed by atoms with Crippen LogP contribution in [0.1, 0.15) is 26.7 Å². The summed E-state index contributed by atoms with van der Waals surface area (Å²) in [5.41, 5.74) is 0.189. The van der Waals surface area contributed by atoms with E-state index in [0.29, 0.717) is 12.2 Å². The zero-order chi connectivity index (χ0) is 7.35. The Labute approximate surface area is 60.6 Å². The molecule has 2 heteroatoms. The van der Waals surface area contributed by atoms with E-state index in [2.05, 4.69) is 13.8 Å². The minimum Gasteiger partial charge on any atom is -0.361 e. The molecule has 0 N–H and O–H groups in total. The van der Waals surface area contributed by atoms with E-state index in [-0.39, 0.29) is 17.6 Å². The SMILES string of the molecule is CC1(C)CC(=O)[C@@H]2O[C@H]2C1. The first-order valence-corrected chi connectivity index (χ1v) is 3.77. The fourth-order valence-electron chi connectivity index (χ4n) is 1.77. The highest BCUT2D eigenvalue weighted by Crippen LogP contribution is 2.43. The molecule has 1 saturated carbocycles. The van der Waals surface area contributed by atoms with Crippen molar-refractivity contribution < 1.29 is 9.53 Å². The maximum atomic E-state index is 11.1. The standard InChI is InChI=1S/C8H12O2/c1-8(2)3-5(9)7-6(4-8)10-7/h6-7H,3-4H2,1-2H3/t6-,7-/m0/s1. The lowest BCUT2D eigenvalue weighted by molar-refractivity contribution is -0.122. The van der Waals surface area contributed by atoms with Crippen LogP contribution in [0, 0.1) is 5.41 Å².